The third-order valence-electron chi connectivity index (χ3n) is 3.90. The minimum absolute atomic E-state index is 0.0173. The van der Waals surface area contributed by atoms with Gasteiger partial charge >= 0.3 is 0 Å². The SMILES string of the molecule is CC(=O)NCCCn1c(-c2cccnc2)nnc1N(C)Cc1cccs1. The molecule has 0 aliphatic carbocycles. The smallest absolute Gasteiger partial charge is 0.227 e. The number of carbonyl (C=O) groups is 1. The van der Waals surface area contributed by atoms with Crippen LogP contribution in [0, 0.1) is 0 Å². The maximum absolute atomic E-state index is 11.1. The number of nitrogens with one attached hydrogen (secondary N) is 1. The summed E-state index contributed by atoms with van der Waals surface area (Å²) in [4.78, 5) is 18.6. The molecule has 0 saturated heterocycles. The van der Waals surface area contributed by atoms with Gasteiger partial charge in [0.05, 0.1) is 6.54 Å². The summed E-state index contributed by atoms with van der Waals surface area (Å²) in [5, 5.41) is 13.7. The van der Waals surface area contributed by atoms with Crippen molar-refractivity contribution in [2.75, 3.05) is 18.5 Å². The largest absolute Gasteiger partial charge is 0.356 e. The van der Waals surface area contributed by atoms with Crippen LogP contribution in [0.25, 0.3) is 11.4 Å². The zero-order valence-electron chi connectivity index (χ0n) is 14.9. The fourth-order valence-corrected chi connectivity index (χ4v) is 3.46. The summed E-state index contributed by atoms with van der Waals surface area (Å²) in [5.41, 5.74) is 0.926. The number of hydrogen-bond acceptors (Lipinski definition) is 6. The Bertz CT molecular complexity index is 831. The van der Waals surface area contributed by atoms with E-state index in [4.69, 9.17) is 0 Å². The molecule has 0 aliphatic rings. The number of aromatic nitrogens is 4. The third-order valence-corrected chi connectivity index (χ3v) is 4.76. The van der Waals surface area contributed by atoms with Crippen molar-refractivity contribution in [2.24, 2.45) is 0 Å². The van der Waals surface area contributed by atoms with Crippen LogP contribution < -0.4 is 10.2 Å². The maximum Gasteiger partial charge on any atom is 0.227 e. The molecule has 136 valence electrons. The van der Waals surface area contributed by atoms with Gasteiger partial charge in [-0.1, -0.05) is 6.07 Å². The van der Waals surface area contributed by atoms with Gasteiger partial charge in [-0.3, -0.25) is 14.3 Å². The van der Waals surface area contributed by atoms with E-state index in [-0.39, 0.29) is 5.91 Å². The first-order chi connectivity index (χ1) is 12.6. The summed E-state index contributed by atoms with van der Waals surface area (Å²) in [6, 6.07) is 8.03. The Kier molecular flexibility index (Phi) is 5.96. The van der Waals surface area contributed by atoms with Crippen LogP contribution in [-0.4, -0.2) is 39.2 Å². The fraction of sp³-hybridized carbons (Fsp3) is 0.333. The summed E-state index contributed by atoms with van der Waals surface area (Å²) < 4.78 is 2.09. The second kappa shape index (κ2) is 8.57. The molecule has 0 spiro atoms. The molecular weight excluding hydrogens is 348 g/mol. The standard InChI is InChI=1S/C18H22N6OS/c1-14(25)20-9-5-10-24-17(15-6-3-8-19-12-15)21-22-18(24)23(2)13-16-7-4-11-26-16/h3-4,6-8,11-12H,5,9-10,13H2,1-2H3,(H,20,25). The Balaban J connectivity index is 1.83. The van der Waals surface area contributed by atoms with Gasteiger partial charge in [-0.2, -0.15) is 0 Å². The Morgan fingerprint density at radius 2 is 2.19 bits per heavy atom. The van der Waals surface area contributed by atoms with Crippen LogP contribution in [0.5, 0.6) is 0 Å². The highest BCUT2D eigenvalue weighted by molar-refractivity contribution is 7.09. The maximum atomic E-state index is 11.1. The third kappa shape index (κ3) is 4.45. The van der Waals surface area contributed by atoms with E-state index in [1.165, 1.54) is 11.8 Å². The van der Waals surface area contributed by atoms with Crippen LogP contribution in [0.4, 0.5) is 5.95 Å². The van der Waals surface area contributed by atoms with Gasteiger partial charge in [0.15, 0.2) is 5.82 Å². The number of amides is 1. The Labute approximate surface area is 156 Å². The van der Waals surface area contributed by atoms with Crippen LogP contribution >= 0.6 is 11.3 Å². The van der Waals surface area contributed by atoms with E-state index in [9.17, 15) is 4.79 Å². The van der Waals surface area contributed by atoms with Gasteiger partial charge in [0.25, 0.3) is 0 Å². The molecule has 7 nitrogen and oxygen atoms in total. The minimum atomic E-state index is -0.0173. The number of hydrogen-bond donors (Lipinski definition) is 1. The van der Waals surface area contributed by atoms with E-state index in [2.05, 4.69) is 41.4 Å². The Morgan fingerprint density at radius 1 is 1.31 bits per heavy atom. The lowest BCUT2D eigenvalue weighted by molar-refractivity contribution is -0.118. The van der Waals surface area contributed by atoms with E-state index < -0.39 is 0 Å². The van der Waals surface area contributed by atoms with Gasteiger partial charge in [-0.05, 0) is 30.0 Å². The van der Waals surface area contributed by atoms with Crippen LogP contribution in [-0.2, 0) is 17.9 Å². The lowest BCUT2D eigenvalue weighted by Crippen LogP contribution is -2.24. The van der Waals surface area contributed by atoms with E-state index in [1.807, 2.05) is 25.2 Å². The second-order valence-corrected chi connectivity index (χ2v) is 7.02. The molecule has 0 aromatic carbocycles. The first-order valence-electron chi connectivity index (χ1n) is 8.46. The molecular formula is C18H22N6OS. The van der Waals surface area contributed by atoms with Crippen molar-refractivity contribution in [3.05, 3.63) is 46.9 Å². The topological polar surface area (TPSA) is 75.9 Å². The molecule has 0 aliphatic heterocycles. The first-order valence-corrected chi connectivity index (χ1v) is 9.34. The van der Waals surface area contributed by atoms with Crippen LogP contribution in [0.2, 0.25) is 0 Å². The monoisotopic (exact) mass is 370 g/mol. The molecule has 3 aromatic heterocycles. The summed E-state index contributed by atoms with van der Waals surface area (Å²) in [6.07, 6.45) is 4.33. The summed E-state index contributed by atoms with van der Waals surface area (Å²) in [7, 11) is 2.01. The van der Waals surface area contributed by atoms with Crippen LogP contribution in [0.15, 0.2) is 42.0 Å². The van der Waals surface area contributed by atoms with E-state index in [1.54, 1.807) is 23.7 Å². The molecule has 0 saturated carbocycles. The van der Waals surface area contributed by atoms with Gasteiger partial charge in [0.1, 0.15) is 0 Å². The van der Waals surface area contributed by atoms with Crippen molar-refractivity contribution >= 4 is 23.2 Å². The van der Waals surface area contributed by atoms with Crippen molar-refractivity contribution in [2.45, 2.75) is 26.4 Å². The van der Waals surface area contributed by atoms with E-state index >= 15 is 0 Å². The van der Waals surface area contributed by atoms with Gasteiger partial charge in [0.2, 0.25) is 11.9 Å². The summed E-state index contributed by atoms with van der Waals surface area (Å²) >= 11 is 1.72. The molecule has 26 heavy (non-hydrogen) atoms. The zero-order chi connectivity index (χ0) is 18.4. The molecule has 3 rings (SSSR count). The molecule has 0 atom stereocenters. The van der Waals surface area contributed by atoms with Crippen molar-refractivity contribution in [1.29, 1.82) is 0 Å². The fourth-order valence-electron chi connectivity index (χ4n) is 2.70. The highest BCUT2D eigenvalue weighted by atomic mass is 32.1. The predicted octanol–water partition coefficient (Wildman–Crippen LogP) is 2.56. The average molecular weight is 370 g/mol. The minimum Gasteiger partial charge on any atom is -0.356 e. The van der Waals surface area contributed by atoms with Crippen molar-refractivity contribution in [3.63, 3.8) is 0 Å². The molecule has 3 heterocycles. The number of pyridine rings is 1. The Hall–Kier alpha value is -2.74. The zero-order valence-corrected chi connectivity index (χ0v) is 15.7. The molecule has 0 fully saturated rings. The number of nitrogens with zero attached hydrogens (tertiary/aromatic N) is 5. The molecule has 0 bridgehead atoms. The molecule has 8 heteroatoms. The Morgan fingerprint density at radius 3 is 2.88 bits per heavy atom. The quantitative estimate of drug-likeness (QED) is 0.617. The van der Waals surface area contributed by atoms with Gasteiger partial charge < -0.3 is 10.2 Å². The summed E-state index contributed by atoms with van der Waals surface area (Å²) in [6.45, 7) is 3.63. The molecule has 3 aromatic rings. The van der Waals surface area contributed by atoms with Gasteiger partial charge in [-0.15, -0.1) is 21.5 Å². The average Bonchev–Trinajstić information content (AvgIpc) is 3.29. The number of anilines is 1. The molecule has 0 radical (unpaired) electrons. The van der Waals surface area contributed by atoms with E-state index in [0.29, 0.717) is 13.1 Å². The molecule has 1 N–H and O–H groups in total. The van der Waals surface area contributed by atoms with Crippen LogP contribution in [0.1, 0.15) is 18.2 Å². The van der Waals surface area contributed by atoms with Crippen molar-refractivity contribution in [1.82, 2.24) is 25.1 Å². The highest BCUT2D eigenvalue weighted by Crippen LogP contribution is 2.23. The molecule has 1 amide bonds. The van der Waals surface area contributed by atoms with Gasteiger partial charge in [0, 0.05) is 49.9 Å². The lowest BCUT2D eigenvalue weighted by Gasteiger charge is -2.19. The normalized spacial score (nSPS) is 10.7. The predicted molar refractivity (Wildman–Crippen MR) is 103 cm³/mol. The lowest BCUT2D eigenvalue weighted by atomic mass is 10.2. The highest BCUT2D eigenvalue weighted by Gasteiger charge is 2.17. The molecule has 0 unspecified atom stereocenters. The number of rotatable bonds is 8. The number of carbonyl (C=O) groups excluding carboxylic acids is 1. The summed E-state index contributed by atoms with van der Waals surface area (Å²) in [5.74, 6) is 1.57. The first kappa shape index (κ1) is 18.1. The van der Waals surface area contributed by atoms with Crippen LogP contribution in [0.3, 0.4) is 0 Å². The van der Waals surface area contributed by atoms with E-state index in [0.717, 1.165) is 30.3 Å². The second-order valence-electron chi connectivity index (χ2n) is 5.99. The van der Waals surface area contributed by atoms with Crippen molar-refractivity contribution in [3.8, 4) is 11.4 Å². The van der Waals surface area contributed by atoms with Gasteiger partial charge in [-0.25, -0.2) is 0 Å². The van der Waals surface area contributed by atoms with Crippen molar-refractivity contribution < 1.29 is 4.79 Å². The number of thiophene rings is 1.